The SMILES string of the molecule is CCOC(C)(C)c1oc(=O)c2ccccc2c1-c1ccc(OCC(C)C)c(O)c1. The van der Waals surface area contributed by atoms with Crippen molar-refractivity contribution in [3.05, 3.63) is 58.6 Å². The summed E-state index contributed by atoms with van der Waals surface area (Å²) in [5, 5.41) is 11.8. The molecule has 0 aliphatic heterocycles. The fourth-order valence-electron chi connectivity index (χ4n) is 3.39. The zero-order valence-electron chi connectivity index (χ0n) is 17.6. The van der Waals surface area contributed by atoms with Crippen molar-refractivity contribution in [2.24, 2.45) is 5.92 Å². The minimum atomic E-state index is -0.824. The maximum absolute atomic E-state index is 12.6. The summed E-state index contributed by atoms with van der Waals surface area (Å²) in [5.74, 6) is 1.24. The molecule has 2 aromatic carbocycles. The first kappa shape index (κ1) is 20.9. The van der Waals surface area contributed by atoms with E-state index in [-0.39, 0.29) is 5.75 Å². The second-order valence-electron chi connectivity index (χ2n) is 7.97. The minimum Gasteiger partial charge on any atom is -0.504 e. The fraction of sp³-hybridized carbons (Fsp3) is 0.375. The van der Waals surface area contributed by atoms with Gasteiger partial charge in [-0.2, -0.15) is 0 Å². The normalized spacial score (nSPS) is 11.9. The van der Waals surface area contributed by atoms with Gasteiger partial charge in [0.2, 0.25) is 0 Å². The highest BCUT2D eigenvalue weighted by Gasteiger charge is 2.30. The van der Waals surface area contributed by atoms with Crippen molar-refractivity contribution in [3.8, 4) is 22.6 Å². The van der Waals surface area contributed by atoms with Crippen molar-refractivity contribution >= 4 is 10.8 Å². The Bertz CT molecular complexity index is 1060. The number of hydrogen-bond acceptors (Lipinski definition) is 5. The Labute approximate surface area is 170 Å². The van der Waals surface area contributed by atoms with E-state index in [9.17, 15) is 9.90 Å². The van der Waals surface area contributed by atoms with Gasteiger partial charge in [-0.15, -0.1) is 0 Å². The van der Waals surface area contributed by atoms with Gasteiger partial charge in [0.15, 0.2) is 11.5 Å². The van der Waals surface area contributed by atoms with Crippen molar-refractivity contribution in [1.29, 1.82) is 0 Å². The quantitative estimate of drug-likeness (QED) is 0.573. The van der Waals surface area contributed by atoms with Crippen molar-refractivity contribution in [2.45, 2.75) is 40.2 Å². The van der Waals surface area contributed by atoms with Crippen LogP contribution in [-0.2, 0) is 10.3 Å². The van der Waals surface area contributed by atoms with E-state index in [1.807, 2.05) is 52.8 Å². The second kappa shape index (κ2) is 8.29. The van der Waals surface area contributed by atoms with E-state index in [1.165, 1.54) is 0 Å². The molecule has 0 saturated heterocycles. The third-order valence-corrected chi connectivity index (χ3v) is 4.71. The summed E-state index contributed by atoms with van der Waals surface area (Å²) < 4.78 is 17.3. The first-order chi connectivity index (χ1) is 13.7. The Morgan fingerprint density at radius 3 is 2.41 bits per heavy atom. The van der Waals surface area contributed by atoms with Gasteiger partial charge in [-0.25, -0.2) is 4.79 Å². The van der Waals surface area contributed by atoms with Crippen LogP contribution >= 0.6 is 0 Å². The predicted molar refractivity (Wildman–Crippen MR) is 115 cm³/mol. The Morgan fingerprint density at radius 1 is 1.10 bits per heavy atom. The maximum atomic E-state index is 12.6. The topological polar surface area (TPSA) is 68.9 Å². The molecule has 5 heteroatoms. The molecule has 1 N–H and O–H groups in total. The third-order valence-electron chi connectivity index (χ3n) is 4.71. The number of rotatable bonds is 7. The molecular formula is C24H28O5. The highest BCUT2D eigenvalue weighted by Crippen LogP contribution is 2.40. The fourth-order valence-corrected chi connectivity index (χ4v) is 3.39. The van der Waals surface area contributed by atoms with Crippen LogP contribution in [0.15, 0.2) is 51.7 Å². The van der Waals surface area contributed by atoms with Crippen molar-refractivity contribution in [3.63, 3.8) is 0 Å². The first-order valence-electron chi connectivity index (χ1n) is 9.91. The molecule has 0 unspecified atom stereocenters. The molecule has 0 radical (unpaired) electrons. The van der Waals surface area contributed by atoms with E-state index in [2.05, 4.69) is 0 Å². The molecular weight excluding hydrogens is 368 g/mol. The van der Waals surface area contributed by atoms with E-state index < -0.39 is 11.2 Å². The van der Waals surface area contributed by atoms with Crippen LogP contribution in [0.5, 0.6) is 11.5 Å². The lowest BCUT2D eigenvalue weighted by Gasteiger charge is -2.26. The van der Waals surface area contributed by atoms with Gasteiger partial charge in [0.05, 0.1) is 12.0 Å². The first-order valence-corrected chi connectivity index (χ1v) is 9.91. The molecule has 0 atom stereocenters. The number of fused-ring (bicyclic) bond motifs is 1. The molecule has 3 aromatic rings. The average molecular weight is 396 g/mol. The molecule has 0 saturated carbocycles. The number of phenols is 1. The van der Waals surface area contributed by atoms with Crippen LogP contribution in [0.3, 0.4) is 0 Å². The number of phenolic OH excluding ortho intramolecular Hbond substituents is 1. The average Bonchev–Trinajstić information content (AvgIpc) is 2.67. The lowest BCUT2D eigenvalue weighted by molar-refractivity contribution is -0.0307. The largest absolute Gasteiger partial charge is 0.504 e. The second-order valence-corrected chi connectivity index (χ2v) is 7.97. The predicted octanol–water partition coefficient (Wildman–Crippen LogP) is 5.47. The molecule has 29 heavy (non-hydrogen) atoms. The van der Waals surface area contributed by atoms with Gasteiger partial charge in [0.25, 0.3) is 0 Å². The standard InChI is InChI=1S/C24H28O5/c1-6-28-24(4,5)22-21(17-9-7-8-10-18(17)23(26)29-22)16-11-12-20(19(25)13-16)27-14-15(2)3/h7-13,15,25H,6,14H2,1-5H3. The maximum Gasteiger partial charge on any atom is 0.343 e. The summed E-state index contributed by atoms with van der Waals surface area (Å²) in [4.78, 5) is 12.6. The lowest BCUT2D eigenvalue weighted by Crippen LogP contribution is -2.24. The number of ether oxygens (including phenoxy) is 2. The van der Waals surface area contributed by atoms with Crippen LogP contribution in [0.25, 0.3) is 21.9 Å². The highest BCUT2D eigenvalue weighted by molar-refractivity contribution is 5.97. The van der Waals surface area contributed by atoms with Crippen molar-refractivity contribution in [1.82, 2.24) is 0 Å². The Hall–Kier alpha value is -2.79. The molecule has 5 nitrogen and oxygen atoms in total. The molecule has 154 valence electrons. The summed E-state index contributed by atoms with van der Waals surface area (Å²) in [7, 11) is 0. The molecule has 0 bridgehead atoms. The summed E-state index contributed by atoms with van der Waals surface area (Å²) in [6, 6.07) is 12.5. The van der Waals surface area contributed by atoms with Crippen LogP contribution in [0, 0.1) is 5.92 Å². The number of aromatic hydroxyl groups is 1. The monoisotopic (exact) mass is 396 g/mol. The zero-order chi connectivity index (χ0) is 21.2. The zero-order valence-corrected chi connectivity index (χ0v) is 17.6. The summed E-state index contributed by atoms with van der Waals surface area (Å²) in [5.41, 5.74) is 0.218. The van der Waals surface area contributed by atoms with Gasteiger partial charge < -0.3 is 19.0 Å². The van der Waals surface area contributed by atoms with E-state index in [0.29, 0.717) is 36.0 Å². The smallest absolute Gasteiger partial charge is 0.343 e. The molecule has 0 aliphatic carbocycles. The minimum absolute atomic E-state index is 0.0404. The van der Waals surface area contributed by atoms with Gasteiger partial charge in [-0.05, 0) is 50.5 Å². The highest BCUT2D eigenvalue weighted by atomic mass is 16.5. The summed E-state index contributed by atoms with van der Waals surface area (Å²) in [6.07, 6.45) is 0. The number of hydrogen-bond donors (Lipinski definition) is 1. The van der Waals surface area contributed by atoms with Gasteiger partial charge in [-0.1, -0.05) is 38.1 Å². The van der Waals surface area contributed by atoms with Crippen LogP contribution < -0.4 is 10.4 Å². The third kappa shape index (κ3) is 4.30. The van der Waals surface area contributed by atoms with Crippen molar-refractivity contribution < 1.29 is 19.0 Å². The number of benzene rings is 2. The van der Waals surface area contributed by atoms with Gasteiger partial charge >= 0.3 is 5.63 Å². The Morgan fingerprint density at radius 2 is 1.79 bits per heavy atom. The van der Waals surface area contributed by atoms with E-state index in [0.717, 1.165) is 16.5 Å². The lowest BCUT2D eigenvalue weighted by atomic mass is 9.91. The molecule has 0 fully saturated rings. The molecule has 1 heterocycles. The van der Waals surface area contributed by atoms with E-state index in [4.69, 9.17) is 13.9 Å². The molecule has 0 spiro atoms. The molecule has 3 rings (SSSR count). The van der Waals surface area contributed by atoms with E-state index >= 15 is 0 Å². The van der Waals surface area contributed by atoms with Crippen LogP contribution in [0.1, 0.15) is 40.4 Å². The molecule has 0 amide bonds. The van der Waals surface area contributed by atoms with Crippen LogP contribution in [0.4, 0.5) is 0 Å². The molecule has 1 aromatic heterocycles. The Kier molecular flexibility index (Phi) is 5.99. The van der Waals surface area contributed by atoms with Crippen molar-refractivity contribution in [2.75, 3.05) is 13.2 Å². The van der Waals surface area contributed by atoms with Gasteiger partial charge in [0, 0.05) is 17.6 Å². The van der Waals surface area contributed by atoms with Crippen LogP contribution in [-0.4, -0.2) is 18.3 Å². The van der Waals surface area contributed by atoms with Crippen LogP contribution in [0.2, 0.25) is 0 Å². The van der Waals surface area contributed by atoms with E-state index in [1.54, 1.807) is 24.3 Å². The summed E-state index contributed by atoms with van der Waals surface area (Å²) >= 11 is 0. The molecule has 0 aliphatic rings. The Balaban J connectivity index is 2.23. The van der Waals surface area contributed by atoms with Gasteiger partial charge in [0.1, 0.15) is 11.4 Å². The summed E-state index contributed by atoms with van der Waals surface area (Å²) in [6.45, 7) is 10.7. The van der Waals surface area contributed by atoms with Gasteiger partial charge in [-0.3, -0.25) is 0 Å².